The minimum atomic E-state index is -0.0171. The third-order valence-electron chi connectivity index (χ3n) is 1.45. The monoisotopic (exact) mass is 291 g/mol. The molecule has 13 heavy (non-hydrogen) atoms. The normalized spacial score (nSPS) is 9.31. The average molecular weight is 291 g/mol. The van der Waals surface area contributed by atoms with E-state index in [2.05, 4.69) is 3.53 Å². The van der Waals surface area contributed by atoms with E-state index in [1.807, 2.05) is 53.2 Å². The predicted molar refractivity (Wildman–Crippen MR) is 58.7 cm³/mol. The third kappa shape index (κ3) is 4.12. The lowest BCUT2D eigenvalue weighted by Gasteiger charge is -2.03. The van der Waals surface area contributed by atoms with E-state index in [1.165, 1.54) is 0 Å². The van der Waals surface area contributed by atoms with Gasteiger partial charge in [0.1, 0.15) is 5.75 Å². The minimum Gasteiger partial charge on any atom is -0.493 e. The van der Waals surface area contributed by atoms with E-state index in [0.717, 1.165) is 5.75 Å². The summed E-state index contributed by atoms with van der Waals surface area (Å²) >= 11 is 1.81. The van der Waals surface area contributed by atoms with E-state index in [1.54, 1.807) is 0 Å². The summed E-state index contributed by atoms with van der Waals surface area (Å²) in [5.74, 6) is 0.778. The number of benzene rings is 1. The Morgan fingerprint density at radius 3 is 2.69 bits per heavy atom. The van der Waals surface area contributed by atoms with Crippen LogP contribution in [0.3, 0.4) is 0 Å². The van der Waals surface area contributed by atoms with Crippen LogP contribution in [0.5, 0.6) is 5.75 Å². The molecule has 0 saturated heterocycles. The molecule has 1 aromatic rings. The first-order chi connectivity index (χ1) is 6.33. The summed E-state index contributed by atoms with van der Waals surface area (Å²) in [5, 5.41) is 0. The molecule has 0 saturated carbocycles. The number of carbonyl (C=O) groups is 1. The van der Waals surface area contributed by atoms with Crippen LogP contribution in [-0.4, -0.2) is 12.5 Å². The summed E-state index contributed by atoms with van der Waals surface area (Å²) in [6.45, 7) is 0.416. The molecule has 0 aliphatic carbocycles. The zero-order chi connectivity index (χ0) is 9.52. The van der Waals surface area contributed by atoms with E-state index in [-0.39, 0.29) is 5.91 Å². The maximum absolute atomic E-state index is 10.8. The Labute approximate surface area is 91.0 Å². The topological polar surface area (TPSA) is 38.3 Å². The summed E-state index contributed by atoms with van der Waals surface area (Å²) in [7, 11) is 0. The second-order valence-electron chi connectivity index (χ2n) is 2.43. The van der Waals surface area contributed by atoms with Crippen LogP contribution in [0.15, 0.2) is 30.3 Å². The molecule has 0 spiro atoms. The highest BCUT2D eigenvalue weighted by Crippen LogP contribution is 2.08. The van der Waals surface area contributed by atoms with E-state index in [0.29, 0.717) is 13.0 Å². The van der Waals surface area contributed by atoms with Crippen LogP contribution in [-0.2, 0) is 4.79 Å². The molecule has 0 bridgehead atoms. The molecule has 0 atom stereocenters. The molecular weight excluding hydrogens is 281 g/mol. The van der Waals surface area contributed by atoms with Gasteiger partial charge in [-0.25, -0.2) is 0 Å². The van der Waals surface area contributed by atoms with Crippen LogP contribution < -0.4 is 8.27 Å². The highest BCUT2D eigenvalue weighted by Gasteiger charge is 1.98. The molecule has 1 amide bonds. The Bertz CT molecular complexity index is 264. The van der Waals surface area contributed by atoms with Crippen LogP contribution in [0.25, 0.3) is 0 Å². The molecule has 0 heterocycles. The standard InChI is InChI=1S/C9H10INO2/c10-11-9(12)6-7-13-8-4-2-1-3-5-8/h1-5H,6-7H2,(H,11,12). The number of ether oxygens (including phenoxy) is 1. The van der Waals surface area contributed by atoms with E-state index >= 15 is 0 Å². The number of rotatable bonds is 4. The van der Waals surface area contributed by atoms with Gasteiger partial charge in [-0.15, -0.1) is 0 Å². The Kier molecular flexibility index (Phi) is 4.59. The maximum atomic E-state index is 10.8. The fourth-order valence-electron chi connectivity index (χ4n) is 0.826. The summed E-state index contributed by atoms with van der Waals surface area (Å²) < 4.78 is 7.82. The van der Waals surface area contributed by atoms with Crippen LogP contribution in [0.1, 0.15) is 6.42 Å². The molecule has 0 aliphatic heterocycles. The van der Waals surface area contributed by atoms with Crippen molar-refractivity contribution in [2.24, 2.45) is 0 Å². The average Bonchev–Trinajstić information content (AvgIpc) is 2.19. The van der Waals surface area contributed by atoms with Crippen LogP contribution in [0.4, 0.5) is 0 Å². The first-order valence-electron chi connectivity index (χ1n) is 3.90. The lowest BCUT2D eigenvalue weighted by Crippen LogP contribution is -2.14. The first-order valence-corrected chi connectivity index (χ1v) is 4.98. The Balaban J connectivity index is 2.24. The Hall–Kier alpha value is -0.780. The van der Waals surface area contributed by atoms with Crippen molar-refractivity contribution in [2.75, 3.05) is 6.61 Å². The molecule has 0 radical (unpaired) electrons. The highest BCUT2D eigenvalue weighted by molar-refractivity contribution is 14.1. The molecule has 0 aliphatic rings. The number of nitrogens with one attached hydrogen (secondary N) is 1. The number of hydrogen-bond donors (Lipinski definition) is 1. The largest absolute Gasteiger partial charge is 0.493 e. The van der Waals surface area contributed by atoms with Crippen molar-refractivity contribution in [2.45, 2.75) is 6.42 Å². The molecule has 0 fully saturated rings. The summed E-state index contributed by atoms with van der Waals surface area (Å²) in [6.07, 6.45) is 0.387. The second kappa shape index (κ2) is 5.80. The van der Waals surface area contributed by atoms with Crippen molar-refractivity contribution in [3.05, 3.63) is 30.3 Å². The van der Waals surface area contributed by atoms with Gasteiger partial charge in [-0.1, -0.05) is 18.2 Å². The van der Waals surface area contributed by atoms with Crippen molar-refractivity contribution in [1.29, 1.82) is 0 Å². The lowest BCUT2D eigenvalue weighted by molar-refractivity contribution is -0.119. The van der Waals surface area contributed by atoms with Gasteiger partial charge < -0.3 is 4.74 Å². The summed E-state index contributed by atoms with van der Waals surface area (Å²) in [6, 6.07) is 9.44. The van der Waals surface area contributed by atoms with Gasteiger partial charge in [0.25, 0.3) is 0 Å². The lowest BCUT2D eigenvalue weighted by atomic mass is 10.3. The molecule has 1 aromatic carbocycles. The van der Waals surface area contributed by atoms with Crippen molar-refractivity contribution in [3.8, 4) is 5.75 Å². The molecule has 0 unspecified atom stereocenters. The first kappa shape index (κ1) is 10.3. The molecule has 0 aromatic heterocycles. The highest BCUT2D eigenvalue weighted by atomic mass is 127. The molecule has 1 rings (SSSR count). The van der Waals surface area contributed by atoms with Crippen molar-refractivity contribution < 1.29 is 9.53 Å². The maximum Gasteiger partial charge on any atom is 0.232 e. The summed E-state index contributed by atoms with van der Waals surface area (Å²) in [5.41, 5.74) is 0. The van der Waals surface area contributed by atoms with Gasteiger partial charge in [0.15, 0.2) is 0 Å². The van der Waals surface area contributed by atoms with Crippen LogP contribution >= 0.6 is 22.9 Å². The predicted octanol–water partition coefficient (Wildman–Crippen LogP) is 1.92. The van der Waals surface area contributed by atoms with Gasteiger partial charge in [-0.05, 0) is 12.1 Å². The smallest absolute Gasteiger partial charge is 0.232 e. The molecule has 70 valence electrons. The van der Waals surface area contributed by atoms with Crippen molar-refractivity contribution in [3.63, 3.8) is 0 Å². The van der Waals surface area contributed by atoms with E-state index in [4.69, 9.17) is 4.74 Å². The van der Waals surface area contributed by atoms with Gasteiger partial charge >= 0.3 is 0 Å². The molecule has 1 N–H and O–H groups in total. The van der Waals surface area contributed by atoms with Gasteiger partial charge in [0, 0.05) is 0 Å². The number of halogens is 1. The third-order valence-corrected chi connectivity index (χ3v) is 2.05. The zero-order valence-electron chi connectivity index (χ0n) is 7.00. The second-order valence-corrected chi connectivity index (χ2v) is 2.97. The van der Waals surface area contributed by atoms with Crippen LogP contribution in [0.2, 0.25) is 0 Å². The minimum absolute atomic E-state index is 0.0171. The number of para-hydroxylation sites is 1. The molecule has 4 heteroatoms. The quantitative estimate of drug-likeness (QED) is 0.680. The Morgan fingerprint density at radius 1 is 1.38 bits per heavy atom. The van der Waals surface area contributed by atoms with Crippen LogP contribution in [0, 0.1) is 0 Å². The summed E-state index contributed by atoms with van der Waals surface area (Å²) in [4.78, 5) is 10.8. The van der Waals surface area contributed by atoms with E-state index in [9.17, 15) is 4.79 Å². The molecule has 3 nitrogen and oxygen atoms in total. The fourth-order valence-corrected chi connectivity index (χ4v) is 1.10. The van der Waals surface area contributed by atoms with E-state index < -0.39 is 0 Å². The SMILES string of the molecule is O=C(CCOc1ccccc1)NI. The molecular formula is C9H10INO2. The number of hydrogen-bond acceptors (Lipinski definition) is 2. The number of carbonyl (C=O) groups excluding carboxylic acids is 1. The van der Waals surface area contributed by atoms with Crippen molar-refractivity contribution >= 4 is 28.8 Å². The van der Waals surface area contributed by atoms with Crippen molar-refractivity contribution in [1.82, 2.24) is 3.53 Å². The van der Waals surface area contributed by atoms with Gasteiger partial charge in [-0.3, -0.25) is 8.32 Å². The Morgan fingerprint density at radius 2 is 2.08 bits per heavy atom. The van der Waals surface area contributed by atoms with Gasteiger partial charge in [0.05, 0.1) is 35.9 Å². The fraction of sp³-hybridized carbons (Fsp3) is 0.222. The number of amides is 1. The van der Waals surface area contributed by atoms with Gasteiger partial charge in [-0.2, -0.15) is 0 Å². The zero-order valence-corrected chi connectivity index (χ0v) is 9.15. The van der Waals surface area contributed by atoms with Gasteiger partial charge in [0.2, 0.25) is 5.91 Å².